The molecule has 26 heavy (non-hydrogen) atoms. The van der Waals surface area contributed by atoms with E-state index in [1.165, 1.54) is 6.07 Å². The van der Waals surface area contributed by atoms with Gasteiger partial charge in [0.05, 0.1) is 0 Å². The molecule has 0 spiro atoms. The topological polar surface area (TPSA) is 58.2 Å². The van der Waals surface area contributed by atoms with E-state index in [0.717, 1.165) is 28.8 Å². The van der Waals surface area contributed by atoms with Crippen LogP contribution in [0.25, 0.3) is 0 Å². The van der Waals surface area contributed by atoms with Gasteiger partial charge in [0.1, 0.15) is 5.41 Å². The summed E-state index contributed by atoms with van der Waals surface area (Å²) in [5.74, 6) is -2.94. The van der Waals surface area contributed by atoms with Gasteiger partial charge < -0.3 is 10.6 Å². The van der Waals surface area contributed by atoms with Crippen LogP contribution in [0, 0.1) is 37.8 Å². The molecule has 0 saturated heterocycles. The number of nitrogens with one attached hydrogen (secondary N) is 2. The highest BCUT2D eigenvalue weighted by atomic mass is 19.2. The van der Waals surface area contributed by atoms with Gasteiger partial charge in [-0.15, -0.1) is 0 Å². The minimum absolute atomic E-state index is 0.121. The Hall–Kier alpha value is -2.76. The molecule has 0 unspecified atom stereocenters. The molecular weight excluding hydrogens is 338 g/mol. The van der Waals surface area contributed by atoms with Gasteiger partial charge in [0.2, 0.25) is 11.8 Å². The monoisotopic (exact) mass is 358 g/mol. The highest BCUT2D eigenvalue weighted by Gasteiger charge is 2.56. The number of halogens is 2. The van der Waals surface area contributed by atoms with E-state index >= 15 is 0 Å². The molecule has 6 heteroatoms. The lowest BCUT2D eigenvalue weighted by Crippen LogP contribution is -2.36. The summed E-state index contributed by atoms with van der Waals surface area (Å²) < 4.78 is 26.3. The molecule has 0 heterocycles. The first-order chi connectivity index (χ1) is 12.2. The third-order valence-corrected chi connectivity index (χ3v) is 4.71. The van der Waals surface area contributed by atoms with Crippen molar-refractivity contribution < 1.29 is 18.4 Å². The van der Waals surface area contributed by atoms with Gasteiger partial charge in [0.15, 0.2) is 11.6 Å². The Balaban J connectivity index is 1.76. The summed E-state index contributed by atoms with van der Waals surface area (Å²) in [6.45, 7) is 5.77. The summed E-state index contributed by atoms with van der Waals surface area (Å²) in [6, 6.07) is 7.02. The second kappa shape index (κ2) is 6.52. The normalized spacial score (nSPS) is 14.7. The SMILES string of the molecule is Cc1cc(C)c(NC(=O)C2(C(=O)Nc3ccc(F)c(F)c3)CC2)c(C)c1. The molecule has 0 aromatic heterocycles. The number of hydrogen-bond acceptors (Lipinski definition) is 2. The lowest BCUT2D eigenvalue weighted by Gasteiger charge is -2.18. The number of carbonyl (C=O) groups excluding carboxylic acids is 2. The van der Waals surface area contributed by atoms with Gasteiger partial charge >= 0.3 is 0 Å². The van der Waals surface area contributed by atoms with Crippen LogP contribution < -0.4 is 10.6 Å². The second-order valence-corrected chi connectivity index (χ2v) is 6.89. The molecular formula is C20H20F2N2O2. The largest absolute Gasteiger partial charge is 0.325 e. The van der Waals surface area contributed by atoms with Crippen molar-refractivity contribution >= 4 is 23.2 Å². The molecule has 2 N–H and O–H groups in total. The first-order valence-corrected chi connectivity index (χ1v) is 8.39. The van der Waals surface area contributed by atoms with Gasteiger partial charge in [-0.2, -0.15) is 0 Å². The number of amides is 2. The van der Waals surface area contributed by atoms with Crippen LogP contribution in [0.4, 0.5) is 20.2 Å². The Kier molecular flexibility index (Phi) is 4.52. The van der Waals surface area contributed by atoms with Crippen molar-refractivity contribution in [3.63, 3.8) is 0 Å². The number of carbonyl (C=O) groups is 2. The summed E-state index contributed by atoms with van der Waals surface area (Å²) in [5.41, 5.74) is 2.59. The van der Waals surface area contributed by atoms with Gasteiger partial charge in [-0.25, -0.2) is 8.78 Å². The van der Waals surface area contributed by atoms with Crippen molar-refractivity contribution in [1.29, 1.82) is 0 Å². The molecule has 2 aromatic rings. The Labute approximate surface area is 150 Å². The highest BCUT2D eigenvalue weighted by Crippen LogP contribution is 2.47. The quantitative estimate of drug-likeness (QED) is 0.803. The van der Waals surface area contributed by atoms with Crippen molar-refractivity contribution in [3.8, 4) is 0 Å². The lowest BCUT2D eigenvalue weighted by atomic mass is 10.0. The fourth-order valence-corrected chi connectivity index (χ4v) is 3.12. The first-order valence-electron chi connectivity index (χ1n) is 8.39. The van der Waals surface area contributed by atoms with Crippen LogP contribution in [-0.4, -0.2) is 11.8 Å². The fraction of sp³-hybridized carbons (Fsp3) is 0.300. The van der Waals surface area contributed by atoms with Gasteiger partial charge in [-0.05, 0) is 56.9 Å². The van der Waals surface area contributed by atoms with Crippen LogP contribution in [0.2, 0.25) is 0 Å². The van der Waals surface area contributed by atoms with E-state index < -0.39 is 23.0 Å². The van der Waals surface area contributed by atoms with E-state index in [9.17, 15) is 18.4 Å². The minimum atomic E-state index is -1.17. The summed E-state index contributed by atoms with van der Waals surface area (Å²) in [7, 11) is 0. The summed E-state index contributed by atoms with van der Waals surface area (Å²) in [5, 5.41) is 5.37. The summed E-state index contributed by atoms with van der Waals surface area (Å²) in [6.07, 6.45) is 0.830. The lowest BCUT2D eigenvalue weighted by molar-refractivity contribution is -0.131. The maximum absolute atomic E-state index is 13.3. The summed E-state index contributed by atoms with van der Waals surface area (Å²) >= 11 is 0. The van der Waals surface area contributed by atoms with Gasteiger partial charge in [0.25, 0.3) is 0 Å². The highest BCUT2D eigenvalue weighted by molar-refractivity contribution is 6.17. The third-order valence-electron chi connectivity index (χ3n) is 4.71. The molecule has 4 nitrogen and oxygen atoms in total. The van der Waals surface area contributed by atoms with Gasteiger partial charge in [0, 0.05) is 17.4 Å². The number of hydrogen-bond donors (Lipinski definition) is 2. The Morgan fingerprint density at radius 2 is 1.46 bits per heavy atom. The van der Waals surface area contributed by atoms with Crippen molar-refractivity contribution in [3.05, 3.63) is 58.7 Å². The van der Waals surface area contributed by atoms with Crippen molar-refractivity contribution in [2.45, 2.75) is 33.6 Å². The molecule has 3 rings (SSSR count). The van der Waals surface area contributed by atoms with Gasteiger partial charge in [-0.3, -0.25) is 9.59 Å². The molecule has 136 valence electrons. The zero-order valence-corrected chi connectivity index (χ0v) is 14.9. The van der Waals surface area contributed by atoms with Crippen molar-refractivity contribution in [2.75, 3.05) is 10.6 Å². The number of rotatable bonds is 4. The zero-order valence-electron chi connectivity index (χ0n) is 14.9. The summed E-state index contributed by atoms with van der Waals surface area (Å²) in [4.78, 5) is 25.3. The molecule has 2 aromatic carbocycles. The fourth-order valence-electron chi connectivity index (χ4n) is 3.12. The third kappa shape index (κ3) is 3.31. The maximum atomic E-state index is 13.3. The van der Waals surface area contributed by atoms with E-state index in [-0.39, 0.29) is 11.6 Å². The van der Waals surface area contributed by atoms with Gasteiger partial charge in [-0.1, -0.05) is 17.7 Å². The molecule has 1 fully saturated rings. The van der Waals surface area contributed by atoms with Crippen LogP contribution in [0.1, 0.15) is 29.5 Å². The Morgan fingerprint density at radius 1 is 0.885 bits per heavy atom. The van der Waals surface area contributed by atoms with Crippen LogP contribution in [0.3, 0.4) is 0 Å². The van der Waals surface area contributed by atoms with Crippen LogP contribution in [-0.2, 0) is 9.59 Å². The van der Waals surface area contributed by atoms with E-state index in [2.05, 4.69) is 10.6 Å². The second-order valence-electron chi connectivity index (χ2n) is 6.89. The molecule has 0 atom stereocenters. The van der Waals surface area contributed by atoms with E-state index in [4.69, 9.17) is 0 Å². The molecule has 0 radical (unpaired) electrons. The van der Waals surface area contributed by atoms with Crippen molar-refractivity contribution in [1.82, 2.24) is 0 Å². The number of aryl methyl sites for hydroxylation is 3. The van der Waals surface area contributed by atoms with E-state index in [1.807, 2.05) is 32.9 Å². The minimum Gasteiger partial charge on any atom is -0.325 e. The molecule has 0 aliphatic heterocycles. The molecule has 1 aliphatic carbocycles. The average molecular weight is 358 g/mol. The number of benzene rings is 2. The maximum Gasteiger partial charge on any atom is 0.240 e. The van der Waals surface area contributed by atoms with Crippen molar-refractivity contribution in [2.24, 2.45) is 5.41 Å². The van der Waals surface area contributed by atoms with Crippen LogP contribution >= 0.6 is 0 Å². The molecule has 2 amide bonds. The van der Waals surface area contributed by atoms with Crippen LogP contribution in [0.5, 0.6) is 0 Å². The molecule has 1 aliphatic rings. The Morgan fingerprint density at radius 3 is 2.00 bits per heavy atom. The predicted octanol–water partition coefficient (Wildman–Crippen LogP) is 4.25. The first kappa shape index (κ1) is 18.0. The molecule has 1 saturated carbocycles. The standard InChI is InChI=1S/C20H20F2N2O2/c1-11-8-12(2)17(13(3)9-11)24-19(26)20(6-7-20)18(25)23-14-4-5-15(21)16(22)10-14/h4-5,8-10H,6-7H2,1-3H3,(H,23,25)(H,24,26). The van der Waals surface area contributed by atoms with E-state index in [1.54, 1.807) is 0 Å². The number of anilines is 2. The van der Waals surface area contributed by atoms with Crippen LogP contribution in [0.15, 0.2) is 30.3 Å². The zero-order chi connectivity index (χ0) is 19.1. The predicted molar refractivity (Wildman–Crippen MR) is 95.9 cm³/mol. The smallest absolute Gasteiger partial charge is 0.240 e. The van der Waals surface area contributed by atoms with E-state index in [0.29, 0.717) is 18.5 Å². The molecule has 0 bridgehead atoms. The average Bonchev–Trinajstić information content (AvgIpc) is 3.36. The Bertz CT molecular complexity index is 882.